The Balaban J connectivity index is 1.61. The fourth-order valence-electron chi connectivity index (χ4n) is 3.65. The Hall–Kier alpha value is -3.13. The molecule has 0 spiro atoms. The van der Waals surface area contributed by atoms with Crippen LogP contribution in [0, 0.1) is 24.0 Å². The monoisotopic (exact) mass is 399 g/mol. The standard InChI is InChI=1S/C21H26N4O4/c1-15-8-9-18(25(27)28)21(16(15)2)22-20(26)14-23-10-12-24(13-11-23)17-6-4-5-7-19(17)29-3/h4-9H,10-14H2,1-3H3,(H,22,26)/p+1. The Labute approximate surface area is 170 Å². The van der Waals surface area contributed by atoms with Gasteiger partial charge >= 0.3 is 0 Å². The fraction of sp³-hybridized carbons (Fsp3) is 0.381. The van der Waals surface area contributed by atoms with Gasteiger partial charge in [0, 0.05) is 6.07 Å². The van der Waals surface area contributed by atoms with Gasteiger partial charge < -0.3 is 19.9 Å². The summed E-state index contributed by atoms with van der Waals surface area (Å²) in [6.45, 7) is 7.18. The lowest BCUT2D eigenvalue weighted by molar-refractivity contribution is -0.892. The minimum atomic E-state index is -0.457. The Morgan fingerprint density at radius 2 is 1.90 bits per heavy atom. The Bertz CT molecular complexity index is 908. The van der Waals surface area contributed by atoms with Gasteiger partial charge in [-0.15, -0.1) is 0 Å². The van der Waals surface area contributed by atoms with Crippen molar-refractivity contribution in [1.82, 2.24) is 0 Å². The van der Waals surface area contributed by atoms with E-state index in [-0.39, 0.29) is 18.1 Å². The average molecular weight is 399 g/mol. The number of hydrogen-bond acceptors (Lipinski definition) is 5. The van der Waals surface area contributed by atoms with Gasteiger partial charge in [0.25, 0.3) is 11.6 Å². The number of carbonyl (C=O) groups is 1. The van der Waals surface area contributed by atoms with Crippen molar-refractivity contribution in [2.24, 2.45) is 0 Å². The summed E-state index contributed by atoms with van der Waals surface area (Å²) in [7, 11) is 1.66. The van der Waals surface area contributed by atoms with E-state index in [9.17, 15) is 14.9 Å². The van der Waals surface area contributed by atoms with Crippen LogP contribution in [0.15, 0.2) is 36.4 Å². The second-order valence-corrected chi connectivity index (χ2v) is 7.29. The van der Waals surface area contributed by atoms with E-state index in [4.69, 9.17) is 4.74 Å². The number of carbonyl (C=O) groups excluding carboxylic acids is 1. The topological polar surface area (TPSA) is 89.2 Å². The largest absolute Gasteiger partial charge is 0.495 e. The molecule has 2 N–H and O–H groups in total. The molecule has 1 saturated heterocycles. The summed E-state index contributed by atoms with van der Waals surface area (Å²) in [6, 6.07) is 11.1. The first-order valence-electron chi connectivity index (χ1n) is 9.66. The highest BCUT2D eigenvalue weighted by Gasteiger charge is 2.25. The van der Waals surface area contributed by atoms with Crippen molar-refractivity contribution in [1.29, 1.82) is 0 Å². The van der Waals surface area contributed by atoms with E-state index in [1.807, 2.05) is 31.2 Å². The van der Waals surface area contributed by atoms with Crippen molar-refractivity contribution in [3.63, 3.8) is 0 Å². The summed E-state index contributed by atoms with van der Waals surface area (Å²) >= 11 is 0. The molecule has 0 unspecified atom stereocenters. The maximum atomic E-state index is 12.6. The molecule has 8 nitrogen and oxygen atoms in total. The number of aryl methyl sites for hydroxylation is 1. The molecule has 8 heteroatoms. The van der Waals surface area contributed by atoms with Crippen LogP contribution in [0.4, 0.5) is 17.1 Å². The number of quaternary nitrogens is 1. The van der Waals surface area contributed by atoms with Gasteiger partial charge in [-0.05, 0) is 37.1 Å². The van der Waals surface area contributed by atoms with E-state index in [1.165, 1.54) is 6.07 Å². The van der Waals surface area contributed by atoms with Gasteiger partial charge in [-0.1, -0.05) is 18.2 Å². The molecular formula is C21H27N4O4+. The van der Waals surface area contributed by atoms with Gasteiger partial charge in [0.2, 0.25) is 0 Å². The van der Waals surface area contributed by atoms with E-state index in [1.54, 1.807) is 20.1 Å². The summed E-state index contributed by atoms with van der Waals surface area (Å²) in [5.74, 6) is 0.637. The molecule has 1 amide bonds. The molecule has 1 heterocycles. The third-order valence-corrected chi connectivity index (χ3v) is 5.48. The molecule has 3 rings (SSSR count). The van der Waals surface area contributed by atoms with E-state index in [0.29, 0.717) is 5.69 Å². The summed E-state index contributed by atoms with van der Waals surface area (Å²) < 4.78 is 5.44. The van der Waals surface area contributed by atoms with Crippen molar-refractivity contribution in [2.75, 3.05) is 50.1 Å². The third-order valence-electron chi connectivity index (χ3n) is 5.48. The molecule has 29 heavy (non-hydrogen) atoms. The summed E-state index contributed by atoms with van der Waals surface area (Å²) in [5.41, 5.74) is 2.92. The van der Waals surface area contributed by atoms with E-state index in [2.05, 4.69) is 10.2 Å². The summed E-state index contributed by atoms with van der Waals surface area (Å²) in [5, 5.41) is 14.1. The number of para-hydroxylation sites is 2. The maximum Gasteiger partial charge on any atom is 0.293 e. The molecule has 1 fully saturated rings. The number of methoxy groups -OCH3 is 1. The number of ether oxygens (including phenoxy) is 1. The Morgan fingerprint density at radius 1 is 1.21 bits per heavy atom. The van der Waals surface area contributed by atoms with Crippen LogP contribution in [0.25, 0.3) is 0 Å². The minimum Gasteiger partial charge on any atom is -0.495 e. The number of nitrogens with zero attached hydrogens (tertiary/aromatic N) is 2. The lowest BCUT2D eigenvalue weighted by Crippen LogP contribution is -3.15. The maximum absolute atomic E-state index is 12.6. The fourth-order valence-corrected chi connectivity index (χ4v) is 3.65. The Morgan fingerprint density at radius 3 is 2.55 bits per heavy atom. The normalized spacial score (nSPS) is 14.5. The smallest absolute Gasteiger partial charge is 0.293 e. The molecule has 0 aliphatic carbocycles. The van der Waals surface area contributed by atoms with Crippen LogP contribution < -0.4 is 19.9 Å². The average Bonchev–Trinajstić information content (AvgIpc) is 2.72. The van der Waals surface area contributed by atoms with E-state index in [0.717, 1.165) is 53.6 Å². The number of rotatable bonds is 6. The predicted molar refractivity (Wildman–Crippen MR) is 112 cm³/mol. The zero-order valence-electron chi connectivity index (χ0n) is 17.0. The molecule has 154 valence electrons. The molecular weight excluding hydrogens is 372 g/mol. The molecule has 2 aromatic rings. The second-order valence-electron chi connectivity index (χ2n) is 7.29. The van der Waals surface area contributed by atoms with Crippen molar-refractivity contribution in [3.05, 3.63) is 57.6 Å². The van der Waals surface area contributed by atoms with Crippen molar-refractivity contribution < 1.29 is 19.4 Å². The molecule has 0 atom stereocenters. The number of anilines is 2. The van der Waals surface area contributed by atoms with Gasteiger partial charge in [-0.25, -0.2) is 0 Å². The third kappa shape index (κ3) is 4.65. The van der Waals surface area contributed by atoms with Crippen LogP contribution >= 0.6 is 0 Å². The molecule has 2 aromatic carbocycles. The van der Waals surface area contributed by atoms with Crippen LogP contribution in [-0.2, 0) is 4.79 Å². The van der Waals surface area contributed by atoms with Crippen molar-refractivity contribution in [2.45, 2.75) is 13.8 Å². The van der Waals surface area contributed by atoms with Gasteiger partial charge in [0.05, 0.1) is 43.9 Å². The van der Waals surface area contributed by atoms with Gasteiger partial charge in [-0.2, -0.15) is 0 Å². The number of piperazine rings is 1. The summed E-state index contributed by atoms with van der Waals surface area (Å²) in [6.07, 6.45) is 0. The molecule has 0 saturated carbocycles. The Kier molecular flexibility index (Phi) is 6.33. The highest BCUT2D eigenvalue weighted by Crippen LogP contribution is 2.30. The summed E-state index contributed by atoms with van der Waals surface area (Å²) in [4.78, 5) is 26.9. The van der Waals surface area contributed by atoms with Crippen LogP contribution in [0.2, 0.25) is 0 Å². The van der Waals surface area contributed by atoms with Crippen LogP contribution in [-0.4, -0.2) is 50.7 Å². The molecule has 1 aliphatic rings. The van der Waals surface area contributed by atoms with Crippen molar-refractivity contribution in [3.8, 4) is 5.75 Å². The number of nitro benzene ring substituents is 1. The lowest BCUT2D eigenvalue weighted by atomic mass is 10.1. The molecule has 0 bridgehead atoms. The van der Waals surface area contributed by atoms with Crippen LogP contribution in [0.1, 0.15) is 11.1 Å². The van der Waals surface area contributed by atoms with E-state index < -0.39 is 4.92 Å². The molecule has 1 aliphatic heterocycles. The van der Waals surface area contributed by atoms with Gasteiger partial charge in [0.15, 0.2) is 6.54 Å². The number of nitro groups is 1. The predicted octanol–water partition coefficient (Wildman–Crippen LogP) is 1.56. The zero-order valence-corrected chi connectivity index (χ0v) is 17.0. The first kappa shape index (κ1) is 20.6. The quantitative estimate of drug-likeness (QED) is 0.569. The zero-order chi connectivity index (χ0) is 21.0. The first-order valence-corrected chi connectivity index (χ1v) is 9.66. The van der Waals surface area contributed by atoms with Crippen LogP contribution in [0.3, 0.4) is 0 Å². The number of amides is 1. The second kappa shape index (κ2) is 8.91. The minimum absolute atomic E-state index is 0.0718. The van der Waals surface area contributed by atoms with Crippen molar-refractivity contribution >= 4 is 23.0 Å². The SMILES string of the molecule is COc1ccccc1N1CC[NH+](CC(=O)Nc2c([N+](=O)[O-])ccc(C)c2C)CC1. The van der Waals surface area contributed by atoms with E-state index >= 15 is 0 Å². The lowest BCUT2D eigenvalue weighted by Gasteiger charge is -2.34. The van der Waals surface area contributed by atoms with Gasteiger partial charge in [-0.3, -0.25) is 14.9 Å². The molecule has 0 aromatic heterocycles. The number of hydrogen-bond donors (Lipinski definition) is 2. The van der Waals surface area contributed by atoms with Gasteiger partial charge in [0.1, 0.15) is 11.4 Å². The number of benzene rings is 2. The van der Waals surface area contributed by atoms with Crippen LogP contribution in [0.5, 0.6) is 5.75 Å². The number of nitrogens with one attached hydrogen (secondary N) is 2. The first-order chi connectivity index (χ1) is 13.9. The molecule has 0 radical (unpaired) electrons. The highest BCUT2D eigenvalue weighted by molar-refractivity contribution is 5.95. The highest BCUT2D eigenvalue weighted by atomic mass is 16.6.